The van der Waals surface area contributed by atoms with Crippen LogP contribution in [0.1, 0.15) is 44.8 Å². The third-order valence-corrected chi connectivity index (χ3v) is 3.57. The minimum atomic E-state index is -0.528. The van der Waals surface area contributed by atoms with Crippen LogP contribution in [-0.2, 0) is 4.74 Å². The molecule has 1 aliphatic heterocycles. The second-order valence-corrected chi connectivity index (χ2v) is 5.11. The quantitative estimate of drug-likeness (QED) is 0.472. The molecule has 1 aliphatic rings. The van der Waals surface area contributed by atoms with Gasteiger partial charge in [0, 0.05) is 0 Å². The lowest BCUT2D eigenvalue weighted by atomic mass is 9.95. The van der Waals surface area contributed by atoms with Gasteiger partial charge in [0.05, 0.1) is 0 Å². The normalized spacial score (nSPS) is 28.5. The highest BCUT2D eigenvalue weighted by Gasteiger charge is 2.57. The molecule has 0 bridgehead atoms. The lowest BCUT2D eigenvalue weighted by molar-refractivity contribution is 0.123. The topological polar surface area (TPSA) is 32.8 Å². The molecule has 1 N–H and O–H groups in total. The van der Waals surface area contributed by atoms with Crippen molar-refractivity contribution in [2.75, 3.05) is 0 Å². The average Bonchev–Trinajstić information content (AvgIpc) is 3.09. The Kier molecular flexibility index (Phi) is 4.20. The summed E-state index contributed by atoms with van der Waals surface area (Å²) >= 11 is 0. The number of ether oxygens (including phenoxy) is 1. The molecule has 0 radical (unpaired) electrons. The lowest BCUT2D eigenvalue weighted by Gasteiger charge is -2.11. The van der Waals surface area contributed by atoms with Gasteiger partial charge < -0.3 is 9.84 Å². The Balaban J connectivity index is 1.92. The molecule has 2 nitrogen and oxygen atoms in total. The number of aliphatic hydroxyl groups is 1. The van der Waals surface area contributed by atoms with E-state index in [9.17, 15) is 5.11 Å². The third kappa shape index (κ3) is 2.82. The molecule has 1 fully saturated rings. The molecule has 2 heteroatoms. The third-order valence-electron chi connectivity index (χ3n) is 3.57. The van der Waals surface area contributed by atoms with Crippen LogP contribution < -0.4 is 0 Å². The standard InChI is InChI=1S/C16H22O2/c1-3-4-5-9-12-14(17)16(2)15(18-16)13-10-7-6-8-11-13/h6-12,14-15,17H,3-5H2,1-2H3/b12-9+/t14-,15-,16-/m0/s1. The van der Waals surface area contributed by atoms with Gasteiger partial charge in [-0.25, -0.2) is 0 Å². The Bertz CT molecular complexity index is 399. The van der Waals surface area contributed by atoms with E-state index in [0.29, 0.717) is 0 Å². The highest BCUT2D eigenvalue weighted by Crippen LogP contribution is 2.51. The number of epoxide rings is 1. The SMILES string of the molecule is CCCC/C=C/[C@H](O)[C@]1(C)O[C@H]1c1ccccc1. The second-order valence-electron chi connectivity index (χ2n) is 5.11. The maximum Gasteiger partial charge on any atom is 0.126 e. The van der Waals surface area contributed by atoms with Gasteiger partial charge in [-0.05, 0) is 18.9 Å². The zero-order valence-corrected chi connectivity index (χ0v) is 11.2. The van der Waals surface area contributed by atoms with Crippen LogP contribution >= 0.6 is 0 Å². The first-order chi connectivity index (χ1) is 8.68. The predicted octanol–water partition coefficient (Wildman–Crippen LogP) is 3.62. The van der Waals surface area contributed by atoms with Crippen molar-refractivity contribution in [3.63, 3.8) is 0 Å². The van der Waals surface area contributed by atoms with Crippen molar-refractivity contribution < 1.29 is 9.84 Å². The van der Waals surface area contributed by atoms with E-state index < -0.39 is 11.7 Å². The molecule has 98 valence electrons. The molecule has 0 unspecified atom stereocenters. The smallest absolute Gasteiger partial charge is 0.126 e. The van der Waals surface area contributed by atoms with Gasteiger partial charge in [0.15, 0.2) is 0 Å². The first-order valence-electron chi connectivity index (χ1n) is 6.76. The molecule has 1 heterocycles. The van der Waals surface area contributed by atoms with Crippen molar-refractivity contribution in [1.82, 2.24) is 0 Å². The first-order valence-corrected chi connectivity index (χ1v) is 6.76. The number of aliphatic hydroxyl groups excluding tert-OH is 1. The molecule has 1 saturated heterocycles. The van der Waals surface area contributed by atoms with Crippen LogP contribution in [0.4, 0.5) is 0 Å². The minimum Gasteiger partial charge on any atom is -0.386 e. The lowest BCUT2D eigenvalue weighted by Crippen LogP contribution is -2.24. The van der Waals surface area contributed by atoms with Gasteiger partial charge in [0.2, 0.25) is 0 Å². The summed E-state index contributed by atoms with van der Waals surface area (Å²) in [4.78, 5) is 0. The Morgan fingerprint density at radius 1 is 1.39 bits per heavy atom. The minimum absolute atomic E-state index is 0.0181. The van der Waals surface area contributed by atoms with E-state index in [-0.39, 0.29) is 6.10 Å². The van der Waals surface area contributed by atoms with Crippen molar-refractivity contribution >= 4 is 0 Å². The molecule has 0 spiro atoms. The Labute approximate surface area is 109 Å². The molecule has 0 aromatic heterocycles. The van der Waals surface area contributed by atoms with Gasteiger partial charge in [-0.15, -0.1) is 0 Å². The van der Waals surface area contributed by atoms with Gasteiger partial charge in [-0.2, -0.15) is 0 Å². The highest BCUT2D eigenvalue weighted by atomic mass is 16.6. The van der Waals surface area contributed by atoms with E-state index >= 15 is 0 Å². The van der Waals surface area contributed by atoms with Crippen molar-refractivity contribution in [1.29, 1.82) is 0 Å². The fourth-order valence-corrected chi connectivity index (χ4v) is 2.21. The fraction of sp³-hybridized carbons (Fsp3) is 0.500. The molecule has 0 aliphatic carbocycles. The maximum atomic E-state index is 10.2. The van der Waals surface area contributed by atoms with E-state index in [1.165, 1.54) is 12.8 Å². The van der Waals surface area contributed by atoms with E-state index in [1.807, 2.05) is 43.3 Å². The molecule has 1 aromatic carbocycles. The van der Waals surface area contributed by atoms with Crippen LogP contribution in [-0.4, -0.2) is 16.8 Å². The molecule has 18 heavy (non-hydrogen) atoms. The molecule has 2 rings (SSSR count). The van der Waals surface area contributed by atoms with Gasteiger partial charge in [0.1, 0.15) is 17.8 Å². The second kappa shape index (κ2) is 5.68. The number of hydrogen-bond donors (Lipinski definition) is 1. The largest absolute Gasteiger partial charge is 0.386 e. The monoisotopic (exact) mass is 246 g/mol. The molecular formula is C16H22O2. The molecular weight excluding hydrogens is 224 g/mol. The maximum absolute atomic E-state index is 10.2. The summed E-state index contributed by atoms with van der Waals surface area (Å²) in [7, 11) is 0. The van der Waals surface area contributed by atoms with Crippen LogP contribution in [0.15, 0.2) is 42.5 Å². The van der Waals surface area contributed by atoms with E-state index in [1.54, 1.807) is 0 Å². The van der Waals surface area contributed by atoms with Crippen LogP contribution in [0.25, 0.3) is 0 Å². The van der Waals surface area contributed by atoms with Crippen LogP contribution in [0, 0.1) is 0 Å². The predicted molar refractivity (Wildman–Crippen MR) is 73.3 cm³/mol. The summed E-state index contributed by atoms with van der Waals surface area (Å²) in [5.74, 6) is 0. The van der Waals surface area contributed by atoms with Crippen molar-refractivity contribution in [2.24, 2.45) is 0 Å². The number of rotatable bonds is 6. The highest BCUT2D eigenvalue weighted by molar-refractivity contribution is 5.28. The van der Waals surface area contributed by atoms with Crippen molar-refractivity contribution in [3.05, 3.63) is 48.0 Å². The Morgan fingerprint density at radius 3 is 2.78 bits per heavy atom. The van der Waals surface area contributed by atoms with E-state index in [0.717, 1.165) is 12.0 Å². The molecule has 0 saturated carbocycles. The zero-order valence-electron chi connectivity index (χ0n) is 11.2. The summed E-state index contributed by atoms with van der Waals surface area (Å²) < 4.78 is 5.71. The van der Waals surface area contributed by atoms with Gasteiger partial charge >= 0.3 is 0 Å². The zero-order chi connectivity index (χ0) is 13.0. The number of benzene rings is 1. The molecule has 1 aromatic rings. The van der Waals surface area contributed by atoms with Crippen molar-refractivity contribution in [3.8, 4) is 0 Å². The first kappa shape index (κ1) is 13.3. The summed E-state index contributed by atoms with van der Waals surface area (Å²) in [6.07, 6.45) is 6.80. The summed E-state index contributed by atoms with van der Waals surface area (Å²) in [6, 6.07) is 10.1. The molecule has 3 atom stereocenters. The van der Waals surface area contributed by atoms with Crippen LogP contribution in [0.3, 0.4) is 0 Å². The number of hydrogen-bond acceptors (Lipinski definition) is 2. The van der Waals surface area contributed by atoms with Gasteiger partial charge in [-0.1, -0.05) is 62.2 Å². The molecule has 0 amide bonds. The van der Waals surface area contributed by atoms with Crippen LogP contribution in [0.5, 0.6) is 0 Å². The summed E-state index contributed by atoms with van der Waals surface area (Å²) in [5.41, 5.74) is 0.686. The fourth-order valence-electron chi connectivity index (χ4n) is 2.21. The Hall–Kier alpha value is -1.12. The summed E-state index contributed by atoms with van der Waals surface area (Å²) in [5, 5.41) is 10.2. The van der Waals surface area contributed by atoms with Crippen LogP contribution in [0.2, 0.25) is 0 Å². The van der Waals surface area contributed by atoms with Gasteiger partial charge in [0.25, 0.3) is 0 Å². The van der Waals surface area contributed by atoms with E-state index in [2.05, 4.69) is 13.0 Å². The average molecular weight is 246 g/mol. The van der Waals surface area contributed by atoms with Crippen molar-refractivity contribution in [2.45, 2.75) is 50.9 Å². The number of allylic oxidation sites excluding steroid dienone is 1. The van der Waals surface area contributed by atoms with Gasteiger partial charge in [-0.3, -0.25) is 0 Å². The summed E-state index contributed by atoms with van der Waals surface area (Å²) in [6.45, 7) is 4.14. The number of unbranched alkanes of at least 4 members (excludes halogenated alkanes) is 2. The van der Waals surface area contributed by atoms with E-state index in [4.69, 9.17) is 4.74 Å². The Morgan fingerprint density at radius 2 is 2.11 bits per heavy atom.